The number of fused-ring (bicyclic) bond motifs is 2. The first-order chi connectivity index (χ1) is 15.8. The highest BCUT2D eigenvalue weighted by molar-refractivity contribution is 7.99. The van der Waals surface area contributed by atoms with Crippen molar-refractivity contribution in [3.05, 3.63) is 85.5 Å². The van der Waals surface area contributed by atoms with Crippen LogP contribution in [0.15, 0.2) is 95.2 Å². The van der Waals surface area contributed by atoms with Gasteiger partial charge in [0.05, 0.1) is 11.4 Å². The normalized spacial score (nSPS) is 12.3. The van der Waals surface area contributed by atoms with E-state index in [1.54, 1.807) is 0 Å². The number of nitrogens with zero attached hydrogens (tertiary/aromatic N) is 3. The quantitative estimate of drug-likeness (QED) is 0.274. The van der Waals surface area contributed by atoms with Gasteiger partial charge >= 0.3 is 0 Å². The van der Waals surface area contributed by atoms with Crippen molar-refractivity contribution in [1.29, 1.82) is 0 Å². The molecule has 0 unspecified atom stereocenters. The fourth-order valence-electron chi connectivity index (χ4n) is 4.25. The maximum Gasteiger partial charge on any atom is 0.0553 e. The average molecular weight is 438 g/mol. The van der Waals surface area contributed by atoms with Crippen molar-refractivity contribution in [1.82, 2.24) is 9.97 Å². The lowest BCUT2D eigenvalue weighted by atomic mass is 10.0. The predicted molar refractivity (Wildman–Crippen MR) is 135 cm³/mol. The van der Waals surface area contributed by atoms with E-state index in [0.717, 1.165) is 17.7 Å². The Balaban J connectivity index is 1.53. The Kier molecular flexibility index (Phi) is 6.22. The van der Waals surface area contributed by atoms with Gasteiger partial charge in [0.25, 0.3) is 0 Å². The van der Waals surface area contributed by atoms with Crippen molar-refractivity contribution in [2.24, 2.45) is 0 Å². The maximum absolute atomic E-state index is 4.30. The van der Waals surface area contributed by atoms with E-state index in [1.807, 2.05) is 48.7 Å². The van der Waals surface area contributed by atoms with Crippen molar-refractivity contribution in [2.75, 3.05) is 11.4 Å². The van der Waals surface area contributed by atoms with Crippen LogP contribution in [0.4, 0.5) is 11.4 Å². The van der Waals surface area contributed by atoms with E-state index in [-0.39, 0.29) is 0 Å². The SMILES string of the molecule is CCCCCCN1c2ccc(-c3cccnc3)cc2Sc2cc(-c3cccnc3)ccc21. The van der Waals surface area contributed by atoms with Crippen LogP contribution >= 0.6 is 11.8 Å². The number of anilines is 2. The third-order valence-electron chi connectivity index (χ3n) is 5.95. The molecule has 3 nitrogen and oxygen atoms in total. The molecule has 3 heterocycles. The summed E-state index contributed by atoms with van der Waals surface area (Å²) in [4.78, 5) is 13.7. The molecule has 1 aliphatic rings. The molecule has 0 spiro atoms. The van der Waals surface area contributed by atoms with Crippen LogP contribution in [0.3, 0.4) is 0 Å². The first kappa shape index (κ1) is 20.8. The highest BCUT2D eigenvalue weighted by Gasteiger charge is 2.24. The molecule has 0 fully saturated rings. The summed E-state index contributed by atoms with van der Waals surface area (Å²) < 4.78 is 0. The number of aromatic nitrogens is 2. The van der Waals surface area contributed by atoms with E-state index in [2.05, 4.69) is 70.3 Å². The van der Waals surface area contributed by atoms with Crippen molar-refractivity contribution >= 4 is 23.1 Å². The Hall–Kier alpha value is -3.11. The number of benzene rings is 2. The molecule has 2 aromatic carbocycles. The lowest BCUT2D eigenvalue weighted by molar-refractivity contribution is 0.666. The molecule has 0 N–H and O–H groups in total. The second-order valence-corrected chi connectivity index (χ2v) is 9.25. The first-order valence-corrected chi connectivity index (χ1v) is 12.2. The van der Waals surface area contributed by atoms with Crippen LogP contribution in [0, 0.1) is 0 Å². The van der Waals surface area contributed by atoms with Gasteiger partial charge in [-0.15, -0.1) is 0 Å². The molecule has 32 heavy (non-hydrogen) atoms. The van der Waals surface area contributed by atoms with Crippen molar-refractivity contribution in [3.8, 4) is 22.3 Å². The van der Waals surface area contributed by atoms with Crippen LogP contribution < -0.4 is 4.90 Å². The monoisotopic (exact) mass is 437 g/mol. The van der Waals surface area contributed by atoms with E-state index in [4.69, 9.17) is 0 Å². The summed E-state index contributed by atoms with van der Waals surface area (Å²) in [5, 5.41) is 0. The van der Waals surface area contributed by atoms with E-state index in [9.17, 15) is 0 Å². The molecule has 0 bridgehead atoms. The van der Waals surface area contributed by atoms with Crippen LogP contribution in [0.5, 0.6) is 0 Å². The lowest BCUT2D eigenvalue weighted by Crippen LogP contribution is -2.22. The number of pyridine rings is 2. The highest BCUT2D eigenvalue weighted by atomic mass is 32.2. The van der Waals surface area contributed by atoms with Crippen LogP contribution in [0.1, 0.15) is 32.6 Å². The molecule has 1 aliphatic heterocycles. The van der Waals surface area contributed by atoms with E-state index >= 15 is 0 Å². The minimum Gasteiger partial charge on any atom is -0.340 e. The summed E-state index contributed by atoms with van der Waals surface area (Å²) in [5.41, 5.74) is 7.34. The zero-order chi connectivity index (χ0) is 21.8. The molecule has 5 rings (SSSR count). The molecule has 4 heteroatoms. The highest BCUT2D eigenvalue weighted by Crippen LogP contribution is 2.50. The average Bonchev–Trinajstić information content (AvgIpc) is 2.86. The van der Waals surface area contributed by atoms with Gasteiger partial charge in [0, 0.05) is 52.3 Å². The number of hydrogen-bond donors (Lipinski definition) is 0. The summed E-state index contributed by atoms with van der Waals surface area (Å²) in [6.07, 6.45) is 12.5. The molecular formula is C28H27N3S. The Morgan fingerprint density at radius 1 is 0.688 bits per heavy atom. The van der Waals surface area contributed by atoms with Gasteiger partial charge in [-0.1, -0.05) is 62.2 Å². The Morgan fingerprint density at radius 2 is 1.28 bits per heavy atom. The fraction of sp³-hybridized carbons (Fsp3) is 0.214. The predicted octanol–water partition coefficient (Wildman–Crippen LogP) is 7.99. The molecule has 0 radical (unpaired) electrons. The van der Waals surface area contributed by atoms with Gasteiger partial charge in [-0.25, -0.2) is 0 Å². The van der Waals surface area contributed by atoms with Crippen LogP contribution in [0.25, 0.3) is 22.3 Å². The Labute approximate surface area is 194 Å². The maximum atomic E-state index is 4.30. The molecule has 2 aromatic heterocycles. The topological polar surface area (TPSA) is 29.0 Å². The molecule has 160 valence electrons. The molecule has 0 amide bonds. The standard InChI is InChI=1S/C28H27N3S/c1-2-3-4-5-16-31-25-12-10-21(23-8-6-14-29-19-23)17-27(25)32-28-18-22(11-13-26(28)31)24-9-7-15-30-20-24/h6-15,17-20H,2-5,16H2,1H3. The first-order valence-electron chi connectivity index (χ1n) is 11.4. The van der Waals surface area contributed by atoms with Gasteiger partial charge in [0.15, 0.2) is 0 Å². The van der Waals surface area contributed by atoms with E-state index in [1.165, 1.54) is 58.0 Å². The van der Waals surface area contributed by atoms with Crippen molar-refractivity contribution in [3.63, 3.8) is 0 Å². The van der Waals surface area contributed by atoms with Crippen molar-refractivity contribution < 1.29 is 0 Å². The molecule has 0 aliphatic carbocycles. The molecule has 0 saturated carbocycles. The summed E-state index contributed by atoms with van der Waals surface area (Å²) in [7, 11) is 0. The third-order valence-corrected chi connectivity index (χ3v) is 7.04. The summed E-state index contributed by atoms with van der Waals surface area (Å²) in [6, 6.07) is 21.9. The van der Waals surface area contributed by atoms with Crippen molar-refractivity contribution in [2.45, 2.75) is 42.4 Å². The van der Waals surface area contributed by atoms with Gasteiger partial charge < -0.3 is 4.90 Å². The van der Waals surface area contributed by atoms with E-state index < -0.39 is 0 Å². The third kappa shape index (κ3) is 4.28. The van der Waals surface area contributed by atoms with Crippen LogP contribution in [-0.2, 0) is 0 Å². The zero-order valence-electron chi connectivity index (χ0n) is 18.4. The molecular weight excluding hydrogens is 410 g/mol. The largest absolute Gasteiger partial charge is 0.340 e. The zero-order valence-corrected chi connectivity index (χ0v) is 19.2. The number of hydrogen-bond acceptors (Lipinski definition) is 4. The molecule has 4 aromatic rings. The van der Waals surface area contributed by atoms with Crippen LogP contribution in [-0.4, -0.2) is 16.5 Å². The van der Waals surface area contributed by atoms with Gasteiger partial charge in [-0.05, 0) is 53.9 Å². The second-order valence-electron chi connectivity index (χ2n) is 8.16. The van der Waals surface area contributed by atoms with Gasteiger partial charge in [-0.2, -0.15) is 0 Å². The van der Waals surface area contributed by atoms with Gasteiger partial charge in [-0.3, -0.25) is 9.97 Å². The van der Waals surface area contributed by atoms with Gasteiger partial charge in [0.2, 0.25) is 0 Å². The van der Waals surface area contributed by atoms with E-state index in [0.29, 0.717) is 0 Å². The van der Waals surface area contributed by atoms with Gasteiger partial charge in [0.1, 0.15) is 0 Å². The van der Waals surface area contributed by atoms with Crippen LogP contribution in [0.2, 0.25) is 0 Å². The summed E-state index contributed by atoms with van der Waals surface area (Å²) >= 11 is 1.87. The Bertz CT molecular complexity index is 1100. The number of unbranched alkanes of at least 4 members (excludes halogenated alkanes) is 3. The smallest absolute Gasteiger partial charge is 0.0553 e. The number of rotatable bonds is 7. The second kappa shape index (κ2) is 9.58. The summed E-state index contributed by atoms with van der Waals surface area (Å²) in [6.45, 7) is 3.31. The minimum atomic E-state index is 1.04. The summed E-state index contributed by atoms with van der Waals surface area (Å²) in [5.74, 6) is 0. The molecule has 0 saturated heterocycles. The Morgan fingerprint density at radius 3 is 1.78 bits per heavy atom. The fourth-order valence-corrected chi connectivity index (χ4v) is 5.42. The minimum absolute atomic E-state index is 1.04. The lowest BCUT2D eigenvalue weighted by Gasteiger charge is -2.33. The molecule has 0 atom stereocenters.